The van der Waals surface area contributed by atoms with E-state index in [4.69, 9.17) is 14.2 Å². The van der Waals surface area contributed by atoms with Crippen molar-refractivity contribution < 1.29 is 19.0 Å². The Kier molecular flexibility index (Phi) is 2.92. The van der Waals surface area contributed by atoms with Crippen LogP contribution in [0.4, 0.5) is 0 Å². The van der Waals surface area contributed by atoms with Gasteiger partial charge in [-0.05, 0) is 31.7 Å². The summed E-state index contributed by atoms with van der Waals surface area (Å²) in [6.07, 6.45) is 7.60. The fraction of sp³-hybridized carbons (Fsp3) is 0.588. The van der Waals surface area contributed by atoms with E-state index in [0.717, 1.165) is 37.5 Å². The summed E-state index contributed by atoms with van der Waals surface area (Å²) in [5.41, 5.74) is 0.901. The molecule has 0 spiro atoms. The van der Waals surface area contributed by atoms with E-state index in [2.05, 4.69) is 10.1 Å². The number of pyridine rings is 1. The van der Waals surface area contributed by atoms with Gasteiger partial charge in [0.05, 0.1) is 25.4 Å². The molecule has 3 fully saturated rings. The van der Waals surface area contributed by atoms with Crippen molar-refractivity contribution in [2.24, 2.45) is 0 Å². The number of fused-ring (bicyclic) bond motifs is 3. The van der Waals surface area contributed by atoms with Crippen molar-refractivity contribution in [2.75, 3.05) is 13.7 Å². The van der Waals surface area contributed by atoms with Gasteiger partial charge in [0.25, 0.3) is 0 Å². The van der Waals surface area contributed by atoms with E-state index in [-0.39, 0.29) is 11.6 Å². The quantitative estimate of drug-likeness (QED) is 0.799. The predicted octanol–water partition coefficient (Wildman–Crippen LogP) is 2.04. The summed E-state index contributed by atoms with van der Waals surface area (Å²) in [4.78, 5) is 16.6. The molecule has 3 aliphatic rings. The lowest BCUT2D eigenvalue weighted by Crippen LogP contribution is -2.33. The first-order valence-electron chi connectivity index (χ1n) is 8.44. The highest BCUT2D eigenvalue weighted by molar-refractivity contribution is 5.95. The minimum Gasteiger partial charge on any atom is -0.474 e. The van der Waals surface area contributed by atoms with E-state index in [1.54, 1.807) is 6.07 Å². The fourth-order valence-corrected chi connectivity index (χ4v) is 3.75. The van der Waals surface area contributed by atoms with Crippen LogP contribution in [0.5, 0.6) is 5.88 Å². The lowest BCUT2D eigenvalue weighted by molar-refractivity contribution is 0.0509. The molecule has 24 heavy (non-hydrogen) atoms. The Bertz CT molecular complexity index is 819. The molecular formula is C17H19N3O4. The van der Waals surface area contributed by atoms with Gasteiger partial charge in [-0.15, -0.1) is 0 Å². The number of carbonyl (C=O) groups excluding carboxylic acids is 1. The van der Waals surface area contributed by atoms with Crippen molar-refractivity contribution in [2.45, 2.75) is 49.9 Å². The first kappa shape index (κ1) is 14.2. The summed E-state index contributed by atoms with van der Waals surface area (Å²) in [5.74, 6) is -0.109. The second kappa shape index (κ2) is 4.92. The highest BCUT2D eigenvalue weighted by Gasteiger charge is 2.48. The summed E-state index contributed by atoms with van der Waals surface area (Å²) in [7, 11) is 1.37. The Labute approximate surface area is 138 Å². The molecule has 2 aromatic rings. The standard InChI is InChI=1S/C17H19N3O4/c1-22-16(21)13-6-10-8-20(17-5-4-12(7-17)23-9-17)19-14(10)18-15(13)24-11-2-3-11/h6,8,11-12H,2-5,7,9H2,1H3. The fourth-order valence-electron chi connectivity index (χ4n) is 3.75. The summed E-state index contributed by atoms with van der Waals surface area (Å²) in [5, 5.41) is 5.49. The van der Waals surface area contributed by atoms with E-state index in [1.807, 2.05) is 10.9 Å². The Balaban J connectivity index is 1.59. The van der Waals surface area contributed by atoms with Crippen molar-refractivity contribution in [3.05, 3.63) is 17.8 Å². The molecule has 1 saturated heterocycles. The number of nitrogens with zero attached hydrogens (tertiary/aromatic N) is 3. The van der Waals surface area contributed by atoms with Crippen LogP contribution >= 0.6 is 0 Å². The van der Waals surface area contributed by atoms with Gasteiger partial charge in [0, 0.05) is 18.0 Å². The second-order valence-corrected chi connectivity index (χ2v) is 7.04. The normalized spacial score (nSPS) is 28.5. The number of ether oxygens (including phenoxy) is 3. The Morgan fingerprint density at radius 1 is 1.42 bits per heavy atom. The topological polar surface area (TPSA) is 75.5 Å². The third-order valence-corrected chi connectivity index (χ3v) is 5.28. The summed E-state index contributed by atoms with van der Waals surface area (Å²) < 4.78 is 18.4. The van der Waals surface area contributed by atoms with Crippen LogP contribution in [0.25, 0.3) is 11.0 Å². The lowest BCUT2D eigenvalue weighted by Gasteiger charge is -2.25. The lowest BCUT2D eigenvalue weighted by atomic mass is 10.0. The molecule has 7 nitrogen and oxygen atoms in total. The predicted molar refractivity (Wildman–Crippen MR) is 84.1 cm³/mol. The minimum absolute atomic E-state index is 0.0612. The Morgan fingerprint density at radius 2 is 2.29 bits per heavy atom. The minimum atomic E-state index is -0.434. The summed E-state index contributed by atoms with van der Waals surface area (Å²) in [6.45, 7) is 0.695. The maximum Gasteiger partial charge on any atom is 0.343 e. The molecule has 2 aliphatic carbocycles. The van der Waals surface area contributed by atoms with Gasteiger partial charge in [-0.25, -0.2) is 4.79 Å². The second-order valence-electron chi connectivity index (χ2n) is 7.04. The number of aromatic nitrogens is 3. The van der Waals surface area contributed by atoms with Gasteiger partial charge in [-0.1, -0.05) is 0 Å². The maximum atomic E-state index is 12.1. The molecule has 3 heterocycles. The third-order valence-electron chi connectivity index (χ3n) is 5.28. The Morgan fingerprint density at radius 3 is 2.92 bits per heavy atom. The van der Waals surface area contributed by atoms with Gasteiger partial charge in [0.15, 0.2) is 5.65 Å². The van der Waals surface area contributed by atoms with Crippen LogP contribution in [-0.4, -0.2) is 46.7 Å². The van der Waals surface area contributed by atoms with E-state index in [0.29, 0.717) is 29.8 Å². The highest BCUT2D eigenvalue weighted by atomic mass is 16.5. The van der Waals surface area contributed by atoms with Crippen LogP contribution in [0, 0.1) is 0 Å². The van der Waals surface area contributed by atoms with E-state index >= 15 is 0 Å². The van der Waals surface area contributed by atoms with Gasteiger partial charge in [-0.2, -0.15) is 10.1 Å². The van der Waals surface area contributed by atoms with E-state index < -0.39 is 5.97 Å². The van der Waals surface area contributed by atoms with Crippen molar-refractivity contribution >= 4 is 17.0 Å². The SMILES string of the molecule is COC(=O)c1cc2cn(C34CCC(C3)OC4)nc2nc1OC1CC1. The van der Waals surface area contributed by atoms with E-state index in [1.165, 1.54) is 7.11 Å². The maximum absolute atomic E-state index is 12.1. The zero-order chi connectivity index (χ0) is 16.3. The molecule has 2 unspecified atom stereocenters. The zero-order valence-electron chi connectivity index (χ0n) is 13.5. The number of hydrogen-bond donors (Lipinski definition) is 0. The van der Waals surface area contributed by atoms with Gasteiger partial charge >= 0.3 is 5.97 Å². The molecule has 1 aliphatic heterocycles. The van der Waals surface area contributed by atoms with E-state index in [9.17, 15) is 4.79 Å². The van der Waals surface area contributed by atoms with Crippen molar-refractivity contribution in [1.29, 1.82) is 0 Å². The number of hydrogen-bond acceptors (Lipinski definition) is 6. The van der Waals surface area contributed by atoms with Gasteiger partial charge in [0.2, 0.25) is 5.88 Å². The van der Waals surface area contributed by atoms with Crippen LogP contribution in [0.15, 0.2) is 12.3 Å². The molecule has 5 rings (SSSR count). The van der Waals surface area contributed by atoms with Crippen LogP contribution < -0.4 is 4.74 Å². The molecule has 0 N–H and O–H groups in total. The van der Waals surface area contributed by atoms with Crippen molar-refractivity contribution in [3.63, 3.8) is 0 Å². The van der Waals surface area contributed by atoms with Crippen LogP contribution in [0.3, 0.4) is 0 Å². The molecular weight excluding hydrogens is 310 g/mol. The van der Waals surface area contributed by atoms with Crippen molar-refractivity contribution in [3.8, 4) is 5.88 Å². The monoisotopic (exact) mass is 329 g/mol. The third kappa shape index (κ3) is 2.11. The molecule has 2 aromatic heterocycles. The van der Waals surface area contributed by atoms with Gasteiger partial charge < -0.3 is 14.2 Å². The van der Waals surface area contributed by atoms with Crippen LogP contribution in [0.1, 0.15) is 42.5 Å². The average Bonchev–Trinajstić information content (AvgIpc) is 3.02. The van der Waals surface area contributed by atoms with Crippen LogP contribution in [0.2, 0.25) is 0 Å². The molecule has 0 amide bonds. The van der Waals surface area contributed by atoms with Crippen molar-refractivity contribution in [1.82, 2.24) is 14.8 Å². The van der Waals surface area contributed by atoms with Gasteiger partial charge in [0.1, 0.15) is 11.7 Å². The molecule has 0 aromatic carbocycles. The number of carbonyl (C=O) groups is 1. The largest absolute Gasteiger partial charge is 0.474 e. The highest BCUT2D eigenvalue weighted by Crippen LogP contribution is 2.44. The summed E-state index contributed by atoms with van der Waals surface area (Å²) >= 11 is 0. The Hall–Kier alpha value is -2.15. The number of methoxy groups -OCH3 is 1. The molecule has 0 radical (unpaired) electrons. The molecule has 2 saturated carbocycles. The molecule has 2 atom stereocenters. The van der Waals surface area contributed by atoms with Crippen LogP contribution in [-0.2, 0) is 15.0 Å². The van der Waals surface area contributed by atoms with Gasteiger partial charge in [-0.3, -0.25) is 4.68 Å². The molecule has 7 heteroatoms. The first-order valence-corrected chi connectivity index (χ1v) is 8.44. The summed E-state index contributed by atoms with van der Waals surface area (Å²) in [6, 6.07) is 1.77. The number of esters is 1. The average molecular weight is 329 g/mol. The molecule has 126 valence electrons. The zero-order valence-corrected chi connectivity index (χ0v) is 13.5. The smallest absolute Gasteiger partial charge is 0.343 e. The number of rotatable bonds is 4. The molecule has 2 bridgehead atoms. The first-order chi connectivity index (χ1) is 11.7.